The fraction of sp³-hybridized carbons (Fsp3) is 0.400. The molecule has 0 fully saturated rings. The van der Waals surface area contributed by atoms with Gasteiger partial charge in [-0.2, -0.15) is 0 Å². The van der Waals surface area contributed by atoms with Gasteiger partial charge >= 0.3 is 0 Å². The molecule has 0 aromatic heterocycles. The lowest BCUT2D eigenvalue weighted by atomic mass is 10.1. The van der Waals surface area contributed by atoms with Crippen LogP contribution in [0.1, 0.15) is 5.56 Å². The molecule has 1 N–H and O–H groups in total. The lowest BCUT2D eigenvalue weighted by molar-refractivity contribution is 0.321. The molecule has 1 rings (SSSR count). The van der Waals surface area contributed by atoms with Crippen LogP contribution in [0.5, 0.6) is 0 Å². The standard InChI is InChI=1S/C10H13F2N.ClH/c1-13-7-9(11)6-8-4-2-3-5-10(8)12;/h2-5,9,13H,6-7H2,1H3;1H. The zero-order chi connectivity index (χ0) is 9.68. The van der Waals surface area contributed by atoms with Crippen molar-refractivity contribution < 1.29 is 8.78 Å². The predicted octanol–water partition coefficient (Wildman–Crippen LogP) is 2.35. The third-order valence-corrected chi connectivity index (χ3v) is 1.82. The zero-order valence-electron chi connectivity index (χ0n) is 7.97. The maximum absolute atomic E-state index is 13.0. The van der Waals surface area contributed by atoms with E-state index in [1.54, 1.807) is 25.2 Å². The van der Waals surface area contributed by atoms with Crippen LogP contribution in [-0.4, -0.2) is 19.8 Å². The van der Waals surface area contributed by atoms with Crippen molar-refractivity contribution in [3.8, 4) is 0 Å². The number of hydrogen-bond acceptors (Lipinski definition) is 1. The molecular weight excluding hydrogens is 208 g/mol. The SMILES string of the molecule is CNCC(F)Cc1ccccc1F.Cl. The highest BCUT2D eigenvalue weighted by atomic mass is 35.5. The van der Waals surface area contributed by atoms with Crippen LogP contribution in [0, 0.1) is 5.82 Å². The first-order valence-electron chi connectivity index (χ1n) is 4.26. The highest BCUT2D eigenvalue weighted by Crippen LogP contribution is 2.10. The summed E-state index contributed by atoms with van der Waals surface area (Å²) >= 11 is 0. The van der Waals surface area contributed by atoms with Crippen molar-refractivity contribution in [3.63, 3.8) is 0 Å². The Morgan fingerprint density at radius 1 is 1.36 bits per heavy atom. The summed E-state index contributed by atoms with van der Waals surface area (Å²) in [6.07, 6.45) is -0.894. The number of halogens is 3. The molecule has 0 saturated heterocycles. The van der Waals surface area contributed by atoms with Gasteiger partial charge in [-0.15, -0.1) is 12.4 Å². The van der Waals surface area contributed by atoms with E-state index in [0.717, 1.165) is 0 Å². The van der Waals surface area contributed by atoms with Gasteiger partial charge in [0.2, 0.25) is 0 Å². The largest absolute Gasteiger partial charge is 0.317 e. The summed E-state index contributed by atoms with van der Waals surface area (Å²) in [5.41, 5.74) is 0.435. The van der Waals surface area contributed by atoms with Gasteiger partial charge in [-0.05, 0) is 18.7 Å². The van der Waals surface area contributed by atoms with E-state index in [9.17, 15) is 8.78 Å². The summed E-state index contributed by atoms with van der Waals surface area (Å²) in [5.74, 6) is -0.332. The van der Waals surface area contributed by atoms with Crippen molar-refractivity contribution in [2.24, 2.45) is 0 Å². The highest BCUT2D eigenvalue weighted by molar-refractivity contribution is 5.85. The van der Waals surface area contributed by atoms with Gasteiger partial charge in [0.05, 0.1) is 0 Å². The lowest BCUT2D eigenvalue weighted by Crippen LogP contribution is -2.22. The summed E-state index contributed by atoms with van der Waals surface area (Å²) in [4.78, 5) is 0. The van der Waals surface area contributed by atoms with E-state index in [1.165, 1.54) is 6.07 Å². The Bertz CT molecular complexity index is 268. The van der Waals surface area contributed by atoms with E-state index in [4.69, 9.17) is 0 Å². The molecule has 1 atom stereocenters. The molecule has 0 aliphatic carbocycles. The van der Waals surface area contributed by atoms with Crippen molar-refractivity contribution in [1.29, 1.82) is 0 Å². The van der Waals surface area contributed by atoms with Crippen LogP contribution in [0.2, 0.25) is 0 Å². The molecule has 0 aliphatic rings. The molecular formula is C10H14ClF2N. The average molecular weight is 222 g/mol. The van der Waals surface area contributed by atoms with Gasteiger partial charge in [-0.1, -0.05) is 18.2 Å². The van der Waals surface area contributed by atoms with E-state index in [2.05, 4.69) is 5.32 Å². The average Bonchev–Trinajstić information content (AvgIpc) is 2.09. The summed E-state index contributed by atoms with van der Waals surface area (Å²) in [6, 6.07) is 6.27. The molecule has 1 aromatic rings. The number of rotatable bonds is 4. The Balaban J connectivity index is 0.00000169. The maximum atomic E-state index is 13.0. The van der Waals surface area contributed by atoms with Crippen molar-refractivity contribution in [3.05, 3.63) is 35.6 Å². The normalized spacial score (nSPS) is 11.9. The zero-order valence-corrected chi connectivity index (χ0v) is 8.78. The van der Waals surface area contributed by atoms with Crippen LogP contribution in [0.25, 0.3) is 0 Å². The van der Waals surface area contributed by atoms with Gasteiger partial charge in [0.25, 0.3) is 0 Å². The molecule has 1 nitrogen and oxygen atoms in total. The van der Waals surface area contributed by atoms with Crippen LogP contribution in [0.3, 0.4) is 0 Å². The van der Waals surface area contributed by atoms with E-state index < -0.39 is 6.17 Å². The third kappa shape index (κ3) is 4.03. The Hall–Kier alpha value is -0.670. The smallest absolute Gasteiger partial charge is 0.126 e. The van der Waals surface area contributed by atoms with Crippen LogP contribution >= 0.6 is 12.4 Å². The minimum atomic E-state index is -1.03. The van der Waals surface area contributed by atoms with Gasteiger partial charge in [-0.25, -0.2) is 8.78 Å². The topological polar surface area (TPSA) is 12.0 Å². The first-order chi connectivity index (χ1) is 6.24. The molecule has 0 spiro atoms. The summed E-state index contributed by atoms with van der Waals surface area (Å²) < 4.78 is 26.0. The Morgan fingerprint density at radius 3 is 2.57 bits per heavy atom. The second-order valence-corrected chi connectivity index (χ2v) is 2.95. The van der Waals surface area contributed by atoms with Crippen LogP contribution in [0.4, 0.5) is 8.78 Å². The van der Waals surface area contributed by atoms with Gasteiger partial charge in [0.15, 0.2) is 0 Å². The van der Waals surface area contributed by atoms with Gasteiger partial charge in [-0.3, -0.25) is 0 Å². The van der Waals surface area contributed by atoms with E-state index in [1.807, 2.05) is 0 Å². The summed E-state index contributed by atoms with van der Waals surface area (Å²) in [5, 5.41) is 2.71. The Labute approximate surface area is 88.9 Å². The van der Waals surface area contributed by atoms with Crippen molar-refractivity contribution in [2.45, 2.75) is 12.6 Å². The molecule has 4 heteroatoms. The predicted molar refractivity (Wildman–Crippen MR) is 56.2 cm³/mol. The number of benzene rings is 1. The van der Waals surface area contributed by atoms with E-state index in [0.29, 0.717) is 5.56 Å². The van der Waals surface area contributed by atoms with Crippen molar-refractivity contribution in [1.82, 2.24) is 5.32 Å². The van der Waals surface area contributed by atoms with Crippen molar-refractivity contribution >= 4 is 12.4 Å². The van der Waals surface area contributed by atoms with Crippen LogP contribution in [-0.2, 0) is 6.42 Å². The number of nitrogens with one attached hydrogen (secondary N) is 1. The van der Waals surface area contributed by atoms with Gasteiger partial charge < -0.3 is 5.32 Å². The third-order valence-electron chi connectivity index (χ3n) is 1.82. The van der Waals surface area contributed by atoms with E-state index >= 15 is 0 Å². The van der Waals surface area contributed by atoms with E-state index in [-0.39, 0.29) is 31.2 Å². The fourth-order valence-electron chi connectivity index (χ4n) is 1.20. The summed E-state index contributed by atoms with van der Waals surface area (Å²) in [7, 11) is 1.67. The molecule has 0 saturated carbocycles. The quantitative estimate of drug-likeness (QED) is 0.823. The van der Waals surface area contributed by atoms with Crippen LogP contribution in [0.15, 0.2) is 24.3 Å². The van der Waals surface area contributed by atoms with Gasteiger partial charge in [0, 0.05) is 13.0 Å². The minimum Gasteiger partial charge on any atom is -0.317 e. The molecule has 14 heavy (non-hydrogen) atoms. The number of alkyl halides is 1. The summed E-state index contributed by atoms with van der Waals surface area (Å²) in [6.45, 7) is 0.258. The molecule has 80 valence electrons. The van der Waals surface area contributed by atoms with Crippen LogP contribution < -0.4 is 5.32 Å². The fourth-order valence-corrected chi connectivity index (χ4v) is 1.20. The molecule has 0 heterocycles. The molecule has 0 bridgehead atoms. The molecule has 0 radical (unpaired) electrons. The minimum absolute atomic E-state index is 0. The second kappa shape index (κ2) is 6.74. The highest BCUT2D eigenvalue weighted by Gasteiger charge is 2.09. The monoisotopic (exact) mass is 221 g/mol. The first kappa shape index (κ1) is 13.3. The molecule has 1 unspecified atom stereocenters. The Kier molecular flexibility index (Phi) is 6.41. The molecule has 0 amide bonds. The second-order valence-electron chi connectivity index (χ2n) is 2.95. The Morgan fingerprint density at radius 2 is 2.00 bits per heavy atom. The van der Waals surface area contributed by atoms with Gasteiger partial charge in [0.1, 0.15) is 12.0 Å². The lowest BCUT2D eigenvalue weighted by Gasteiger charge is -2.07. The molecule has 1 aromatic carbocycles. The molecule has 0 aliphatic heterocycles. The number of hydrogen-bond donors (Lipinski definition) is 1. The first-order valence-corrected chi connectivity index (χ1v) is 4.26. The maximum Gasteiger partial charge on any atom is 0.126 e. The van der Waals surface area contributed by atoms with Crippen molar-refractivity contribution in [2.75, 3.05) is 13.6 Å².